The van der Waals surface area contributed by atoms with Gasteiger partial charge in [-0.25, -0.2) is 15.0 Å². The topological polar surface area (TPSA) is 46.8 Å². The third-order valence-corrected chi connectivity index (χ3v) is 3.81. The molecule has 2 aromatic heterocycles. The normalized spacial score (nSPS) is 18.1. The Morgan fingerprint density at radius 2 is 2.05 bits per heavy atom. The number of anilines is 1. The molecule has 1 aliphatic rings. The smallest absolute Gasteiger partial charge is 0.344 e. The Kier molecular flexibility index (Phi) is 3.76. The zero-order valence-electron chi connectivity index (χ0n) is 12.1. The molecule has 0 spiro atoms. The molecule has 0 aliphatic carbocycles. The minimum atomic E-state index is -4.38. The van der Waals surface area contributed by atoms with E-state index in [1.807, 2.05) is 11.9 Å². The fourth-order valence-electron chi connectivity index (χ4n) is 2.76. The summed E-state index contributed by atoms with van der Waals surface area (Å²) in [5.41, 5.74) is -0.803. The van der Waals surface area contributed by atoms with E-state index in [9.17, 15) is 13.2 Å². The Hall–Kier alpha value is -2.12. The molecule has 0 bridgehead atoms. The van der Waals surface area contributed by atoms with Crippen LogP contribution in [-0.4, -0.2) is 33.1 Å². The van der Waals surface area contributed by atoms with Gasteiger partial charge in [-0.2, -0.15) is 13.2 Å². The van der Waals surface area contributed by atoms with Crippen LogP contribution in [-0.2, 0) is 19.1 Å². The number of hydrogen-bond donors (Lipinski definition) is 0. The maximum absolute atomic E-state index is 12.7. The van der Waals surface area contributed by atoms with Crippen LogP contribution < -0.4 is 4.90 Å². The van der Waals surface area contributed by atoms with Crippen LogP contribution in [0.25, 0.3) is 0 Å². The zero-order valence-corrected chi connectivity index (χ0v) is 12.1. The molecular weight excluding hydrogens is 295 g/mol. The summed E-state index contributed by atoms with van der Waals surface area (Å²) in [5, 5.41) is 0. The Bertz CT molecular complexity index is 638. The first-order valence-electron chi connectivity index (χ1n) is 7.05. The average molecular weight is 311 g/mol. The predicted molar refractivity (Wildman–Crippen MR) is 74.3 cm³/mol. The zero-order chi connectivity index (χ0) is 15.7. The van der Waals surface area contributed by atoms with Gasteiger partial charge in [0.15, 0.2) is 5.69 Å². The van der Waals surface area contributed by atoms with Gasteiger partial charge in [0, 0.05) is 45.1 Å². The molecule has 22 heavy (non-hydrogen) atoms. The highest BCUT2D eigenvalue weighted by molar-refractivity contribution is 5.26. The number of aromatic nitrogens is 4. The molecule has 1 aliphatic heterocycles. The van der Waals surface area contributed by atoms with Crippen LogP contribution in [0.2, 0.25) is 0 Å². The first-order chi connectivity index (χ1) is 10.4. The summed E-state index contributed by atoms with van der Waals surface area (Å²) < 4.78 is 39.7. The molecule has 5 nitrogen and oxygen atoms in total. The van der Waals surface area contributed by atoms with E-state index in [4.69, 9.17) is 0 Å². The number of hydrogen-bond acceptors (Lipinski definition) is 4. The van der Waals surface area contributed by atoms with Gasteiger partial charge in [-0.15, -0.1) is 0 Å². The molecule has 118 valence electrons. The van der Waals surface area contributed by atoms with Crippen molar-refractivity contribution < 1.29 is 13.2 Å². The van der Waals surface area contributed by atoms with Gasteiger partial charge in [-0.1, -0.05) is 0 Å². The summed E-state index contributed by atoms with van der Waals surface area (Å²) in [5.74, 6) is 1.38. The lowest BCUT2D eigenvalue weighted by Crippen LogP contribution is -2.32. The van der Waals surface area contributed by atoms with Crippen molar-refractivity contribution in [2.45, 2.75) is 25.6 Å². The summed E-state index contributed by atoms with van der Waals surface area (Å²) in [6.07, 6.45) is 1.44. The first-order valence-corrected chi connectivity index (χ1v) is 7.05. The summed E-state index contributed by atoms with van der Waals surface area (Å²) in [6, 6.07) is 1.74. The molecule has 0 unspecified atom stereocenters. The average Bonchev–Trinajstić information content (AvgIpc) is 2.91. The quantitative estimate of drug-likeness (QED) is 0.873. The largest absolute Gasteiger partial charge is 0.434 e. The van der Waals surface area contributed by atoms with Crippen molar-refractivity contribution in [2.24, 2.45) is 5.92 Å². The molecule has 3 rings (SSSR count). The number of fused-ring (bicyclic) bond motifs is 1. The van der Waals surface area contributed by atoms with Crippen molar-refractivity contribution in [3.63, 3.8) is 0 Å². The predicted octanol–water partition coefficient (Wildman–Crippen LogP) is 2.39. The third-order valence-electron chi connectivity index (χ3n) is 3.81. The second kappa shape index (κ2) is 5.58. The first kappa shape index (κ1) is 14.8. The van der Waals surface area contributed by atoms with Gasteiger partial charge in [-0.3, -0.25) is 0 Å². The van der Waals surface area contributed by atoms with Gasteiger partial charge in [0.25, 0.3) is 0 Å². The van der Waals surface area contributed by atoms with Crippen LogP contribution in [0.15, 0.2) is 24.7 Å². The number of aryl methyl sites for hydroxylation is 1. The highest BCUT2D eigenvalue weighted by atomic mass is 19.4. The van der Waals surface area contributed by atoms with Crippen molar-refractivity contribution in [3.8, 4) is 0 Å². The molecule has 0 saturated heterocycles. The van der Waals surface area contributed by atoms with E-state index in [1.54, 1.807) is 23.0 Å². The molecular formula is C14H16F3N5. The van der Waals surface area contributed by atoms with E-state index < -0.39 is 11.9 Å². The number of alkyl halides is 3. The van der Waals surface area contributed by atoms with Gasteiger partial charge in [-0.05, 0) is 18.4 Å². The lowest BCUT2D eigenvalue weighted by Gasteiger charge is -2.28. The van der Waals surface area contributed by atoms with Crippen molar-refractivity contribution in [1.82, 2.24) is 19.5 Å². The number of imidazole rings is 1. The minimum Gasteiger partial charge on any atom is -0.344 e. The Balaban J connectivity index is 1.68. The molecule has 0 aromatic carbocycles. The second-order valence-electron chi connectivity index (χ2n) is 5.53. The molecule has 0 radical (unpaired) electrons. The van der Waals surface area contributed by atoms with Crippen LogP contribution in [0, 0.1) is 5.92 Å². The van der Waals surface area contributed by atoms with Gasteiger partial charge in [0.2, 0.25) is 5.95 Å². The SMILES string of the molecule is CN(C[C@H]1CCc2nc(C(F)(F)F)cn2C1)c1ncccn1. The lowest BCUT2D eigenvalue weighted by molar-refractivity contribution is -0.141. The Labute approximate surface area is 125 Å². The van der Waals surface area contributed by atoms with Gasteiger partial charge < -0.3 is 9.47 Å². The van der Waals surface area contributed by atoms with Crippen LogP contribution in [0.3, 0.4) is 0 Å². The third kappa shape index (κ3) is 3.05. The molecule has 2 aromatic rings. The van der Waals surface area contributed by atoms with Crippen molar-refractivity contribution in [2.75, 3.05) is 18.5 Å². The number of rotatable bonds is 3. The maximum Gasteiger partial charge on any atom is 0.434 e. The fourth-order valence-corrected chi connectivity index (χ4v) is 2.76. The Morgan fingerprint density at radius 1 is 1.32 bits per heavy atom. The fraction of sp³-hybridized carbons (Fsp3) is 0.500. The monoisotopic (exact) mass is 311 g/mol. The lowest BCUT2D eigenvalue weighted by atomic mass is 9.99. The van der Waals surface area contributed by atoms with Crippen molar-refractivity contribution in [1.29, 1.82) is 0 Å². The second-order valence-corrected chi connectivity index (χ2v) is 5.53. The number of nitrogens with zero attached hydrogens (tertiary/aromatic N) is 5. The van der Waals surface area contributed by atoms with E-state index >= 15 is 0 Å². The molecule has 8 heteroatoms. The maximum atomic E-state index is 12.7. The van der Waals surface area contributed by atoms with E-state index in [1.165, 1.54) is 0 Å². The molecule has 0 fully saturated rings. The summed E-state index contributed by atoms with van der Waals surface area (Å²) in [7, 11) is 1.89. The van der Waals surface area contributed by atoms with Crippen molar-refractivity contribution in [3.05, 3.63) is 36.2 Å². The molecule has 0 amide bonds. The van der Waals surface area contributed by atoms with Crippen molar-refractivity contribution >= 4 is 5.95 Å². The molecule has 0 saturated carbocycles. The summed E-state index contributed by atoms with van der Waals surface area (Å²) in [6.45, 7) is 1.23. The van der Waals surface area contributed by atoms with E-state index in [0.29, 0.717) is 31.3 Å². The van der Waals surface area contributed by atoms with E-state index in [2.05, 4.69) is 15.0 Å². The number of halogens is 3. The summed E-state index contributed by atoms with van der Waals surface area (Å²) in [4.78, 5) is 14.0. The van der Waals surface area contributed by atoms with Gasteiger partial charge in [0.1, 0.15) is 5.82 Å². The van der Waals surface area contributed by atoms with Gasteiger partial charge in [0.05, 0.1) is 0 Å². The van der Waals surface area contributed by atoms with Crippen LogP contribution >= 0.6 is 0 Å². The van der Waals surface area contributed by atoms with E-state index in [-0.39, 0.29) is 5.92 Å². The highest BCUT2D eigenvalue weighted by Crippen LogP contribution is 2.30. The van der Waals surface area contributed by atoms with Crippen LogP contribution in [0.5, 0.6) is 0 Å². The highest BCUT2D eigenvalue weighted by Gasteiger charge is 2.35. The molecule has 1 atom stereocenters. The standard InChI is InChI=1S/C14H16F3N5/c1-21(13-18-5-2-6-19-13)7-10-3-4-12-20-11(14(15,16)17)9-22(12)8-10/h2,5-6,9-10H,3-4,7-8H2,1H3/t10-/m1/s1. The van der Waals surface area contributed by atoms with Crippen LogP contribution in [0.1, 0.15) is 17.9 Å². The molecule has 0 N–H and O–H groups in total. The summed E-state index contributed by atoms with van der Waals surface area (Å²) >= 11 is 0. The Morgan fingerprint density at radius 3 is 2.73 bits per heavy atom. The molecule has 3 heterocycles. The van der Waals surface area contributed by atoms with Gasteiger partial charge >= 0.3 is 6.18 Å². The minimum absolute atomic E-state index is 0.247. The van der Waals surface area contributed by atoms with E-state index in [0.717, 1.165) is 12.6 Å². The van der Waals surface area contributed by atoms with Crippen LogP contribution in [0.4, 0.5) is 19.1 Å².